The number of pyridine rings is 1. The van der Waals surface area contributed by atoms with E-state index in [4.69, 9.17) is 0 Å². The highest BCUT2D eigenvalue weighted by Gasteiger charge is 2.34. The summed E-state index contributed by atoms with van der Waals surface area (Å²) in [6.07, 6.45) is 4.52. The van der Waals surface area contributed by atoms with Crippen molar-refractivity contribution in [3.8, 4) is 5.75 Å². The van der Waals surface area contributed by atoms with Crippen LogP contribution in [0.3, 0.4) is 0 Å². The molecule has 0 radical (unpaired) electrons. The molecule has 1 aromatic heterocycles. The van der Waals surface area contributed by atoms with Gasteiger partial charge in [-0.25, -0.2) is 0 Å². The molecule has 0 aliphatic carbocycles. The predicted molar refractivity (Wildman–Crippen MR) is 104 cm³/mol. The maximum atomic E-state index is 13.1. The Labute approximate surface area is 150 Å². The fourth-order valence-electron chi connectivity index (χ4n) is 3.08. The van der Waals surface area contributed by atoms with Crippen LogP contribution in [0, 0.1) is 17.3 Å². The van der Waals surface area contributed by atoms with Crippen LogP contribution in [0.25, 0.3) is 10.9 Å². The number of amides is 1. The zero-order valence-corrected chi connectivity index (χ0v) is 16.0. The zero-order valence-electron chi connectivity index (χ0n) is 16.0. The number of carbonyl (C=O) groups is 1. The minimum absolute atomic E-state index is 0.0444. The number of hydrogen-bond acceptors (Lipinski definition) is 3. The summed E-state index contributed by atoms with van der Waals surface area (Å²) in [6.45, 7) is 10.8. The first-order valence-electron chi connectivity index (χ1n) is 9.17. The Balaban J connectivity index is 2.34. The van der Waals surface area contributed by atoms with E-state index < -0.39 is 0 Å². The van der Waals surface area contributed by atoms with E-state index in [1.165, 1.54) is 0 Å². The maximum absolute atomic E-state index is 13.1. The van der Waals surface area contributed by atoms with Crippen molar-refractivity contribution in [2.45, 2.75) is 53.9 Å². The monoisotopic (exact) mass is 342 g/mol. The number of aromatic nitrogens is 1. The Bertz CT molecular complexity index is 740. The lowest BCUT2D eigenvalue weighted by Gasteiger charge is -2.34. The number of aromatic hydroxyl groups is 1. The van der Waals surface area contributed by atoms with Crippen molar-refractivity contribution in [2.24, 2.45) is 17.3 Å². The molecule has 25 heavy (non-hydrogen) atoms. The minimum Gasteiger partial charge on any atom is -0.506 e. The van der Waals surface area contributed by atoms with E-state index in [9.17, 15) is 9.90 Å². The molecule has 4 nitrogen and oxygen atoms in total. The molecule has 2 atom stereocenters. The quantitative estimate of drug-likeness (QED) is 0.665. The van der Waals surface area contributed by atoms with E-state index in [1.807, 2.05) is 12.1 Å². The van der Waals surface area contributed by atoms with Crippen molar-refractivity contribution >= 4 is 22.5 Å². The third kappa shape index (κ3) is 4.30. The summed E-state index contributed by atoms with van der Waals surface area (Å²) in [7, 11) is 0. The highest BCUT2D eigenvalue weighted by Crippen LogP contribution is 2.37. The fraction of sp³-hybridized carbons (Fsp3) is 0.524. The van der Waals surface area contributed by atoms with Crippen LogP contribution in [0.15, 0.2) is 30.5 Å². The van der Waals surface area contributed by atoms with Crippen molar-refractivity contribution in [3.05, 3.63) is 30.5 Å². The van der Waals surface area contributed by atoms with Gasteiger partial charge in [-0.2, -0.15) is 0 Å². The SMILES string of the molecule is CCC(C)CC(C(=O)Nc1ccc(O)c2ncccc12)C(C)(C)CC. The van der Waals surface area contributed by atoms with Crippen LogP contribution in [-0.4, -0.2) is 16.0 Å². The zero-order chi connectivity index (χ0) is 18.6. The first-order valence-corrected chi connectivity index (χ1v) is 9.17. The first kappa shape index (κ1) is 19.2. The summed E-state index contributed by atoms with van der Waals surface area (Å²) < 4.78 is 0. The first-order chi connectivity index (χ1) is 11.8. The third-order valence-electron chi connectivity index (χ3n) is 5.51. The number of nitrogens with zero attached hydrogens (tertiary/aromatic N) is 1. The summed E-state index contributed by atoms with van der Waals surface area (Å²) in [5, 5.41) is 13.8. The Morgan fingerprint density at radius 2 is 2.00 bits per heavy atom. The van der Waals surface area contributed by atoms with Crippen molar-refractivity contribution in [1.82, 2.24) is 4.98 Å². The van der Waals surface area contributed by atoms with Crippen LogP contribution in [-0.2, 0) is 4.79 Å². The van der Waals surface area contributed by atoms with Gasteiger partial charge in [0.25, 0.3) is 0 Å². The molecule has 136 valence electrons. The molecule has 1 amide bonds. The Hall–Kier alpha value is -2.10. The van der Waals surface area contributed by atoms with Gasteiger partial charge < -0.3 is 10.4 Å². The number of carbonyl (C=O) groups excluding carboxylic acids is 1. The van der Waals surface area contributed by atoms with Crippen molar-refractivity contribution in [3.63, 3.8) is 0 Å². The molecule has 2 aromatic rings. The largest absolute Gasteiger partial charge is 0.506 e. The molecule has 0 saturated carbocycles. The van der Waals surface area contributed by atoms with E-state index in [0.29, 0.717) is 17.1 Å². The molecule has 0 saturated heterocycles. The number of phenols is 1. The van der Waals surface area contributed by atoms with E-state index in [0.717, 1.165) is 24.6 Å². The van der Waals surface area contributed by atoms with Crippen LogP contribution >= 0.6 is 0 Å². The fourth-order valence-corrected chi connectivity index (χ4v) is 3.08. The van der Waals surface area contributed by atoms with Crippen LogP contribution < -0.4 is 5.32 Å². The average Bonchev–Trinajstić information content (AvgIpc) is 2.61. The standard InChI is InChI=1S/C21H30N2O2/c1-6-14(3)13-16(21(4,5)7-2)20(25)23-17-10-11-18(24)19-15(17)9-8-12-22-19/h8-12,14,16,24H,6-7,13H2,1-5H3,(H,23,25). The summed E-state index contributed by atoms with van der Waals surface area (Å²) in [4.78, 5) is 17.3. The average molecular weight is 342 g/mol. The Kier molecular flexibility index (Phi) is 6.04. The van der Waals surface area contributed by atoms with Gasteiger partial charge in [0.05, 0.1) is 5.69 Å². The van der Waals surface area contributed by atoms with E-state index in [1.54, 1.807) is 18.3 Å². The third-order valence-corrected chi connectivity index (χ3v) is 5.51. The summed E-state index contributed by atoms with van der Waals surface area (Å²) >= 11 is 0. The highest BCUT2D eigenvalue weighted by molar-refractivity contribution is 6.03. The van der Waals surface area contributed by atoms with E-state index in [2.05, 4.69) is 44.9 Å². The lowest BCUT2D eigenvalue weighted by Crippen LogP contribution is -2.36. The molecule has 0 aliphatic rings. The second-order valence-corrected chi connectivity index (χ2v) is 7.66. The molecule has 1 aromatic carbocycles. The molecular formula is C21H30N2O2. The van der Waals surface area contributed by atoms with Gasteiger partial charge >= 0.3 is 0 Å². The number of fused-ring (bicyclic) bond motifs is 1. The van der Waals surface area contributed by atoms with Gasteiger partial charge in [-0.3, -0.25) is 9.78 Å². The Morgan fingerprint density at radius 1 is 1.28 bits per heavy atom. The van der Waals surface area contributed by atoms with E-state index in [-0.39, 0.29) is 23.0 Å². The molecule has 0 aliphatic heterocycles. The number of phenolic OH excluding ortho intramolecular Hbond substituents is 1. The summed E-state index contributed by atoms with van der Waals surface area (Å²) in [5.74, 6) is 0.606. The topological polar surface area (TPSA) is 62.2 Å². The summed E-state index contributed by atoms with van der Waals surface area (Å²) in [6, 6.07) is 7.01. The van der Waals surface area contributed by atoms with Crippen LogP contribution in [0.1, 0.15) is 53.9 Å². The molecular weight excluding hydrogens is 312 g/mol. The van der Waals surface area contributed by atoms with Gasteiger partial charge in [-0.05, 0) is 42.0 Å². The van der Waals surface area contributed by atoms with Crippen LogP contribution in [0.4, 0.5) is 5.69 Å². The number of hydrogen-bond donors (Lipinski definition) is 2. The molecule has 0 fully saturated rings. The lowest BCUT2D eigenvalue weighted by molar-refractivity contribution is -0.124. The highest BCUT2D eigenvalue weighted by atomic mass is 16.3. The number of anilines is 1. The normalized spacial score (nSPS) is 14.3. The smallest absolute Gasteiger partial charge is 0.228 e. The molecule has 2 N–H and O–H groups in total. The lowest BCUT2D eigenvalue weighted by atomic mass is 9.72. The maximum Gasteiger partial charge on any atom is 0.228 e. The van der Waals surface area contributed by atoms with Gasteiger partial charge in [-0.1, -0.05) is 47.5 Å². The molecule has 0 spiro atoms. The van der Waals surface area contributed by atoms with Crippen LogP contribution in [0.2, 0.25) is 0 Å². The number of benzene rings is 1. The van der Waals surface area contributed by atoms with Crippen molar-refractivity contribution in [1.29, 1.82) is 0 Å². The number of rotatable bonds is 7. The van der Waals surface area contributed by atoms with Gasteiger partial charge in [0.2, 0.25) is 5.91 Å². The predicted octanol–water partition coefficient (Wildman–Crippen LogP) is 5.37. The van der Waals surface area contributed by atoms with Gasteiger partial charge in [0.15, 0.2) is 0 Å². The summed E-state index contributed by atoms with van der Waals surface area (Å²) in [5.41, 5.74) is 1.14. The van der Waals surface area contributed by atoms with E-state index >= 15 is 0 Å². The second-order valence-electron chi connectivity index (χ2n) is 7.66. The molecule has 0 bridgehead atoms. The van der Waals surface area contributed by atoms with Gasteiger partial charge in [0, 0.05) is 17.5 Å². The minimum atomic E-state index is -0.0709. The van der Waals surface area contributed by atoms with Crippen molar-refractivity contribution in [2.75, 3.05) is 5.32 Å². The van der Waals surface area contributed by atoms with Gasteiger partial charge in [-0.15, -0.1) is 0 Å². The molecule has 4 heteroatoms. The van der Waals surface area contributed by atoms with Crippen molar-refractivity contribution < 1.29 is 9.90 Å². The number of nitrogens with one attached hydrogen (secondary N) is 1. The second kappa shape index (κ2) is 7.85. The molecule has 1 heterocycles. The molecule has 2 rings (SSSR count). The molecule has 2 unspecified atom stereocenters. The van der Waals surface area contributed by atoms with Gasteiger partial charge in [0.1, 0.15) is 11.3 Å². The Morgan fingerprint density at radius 3 is 2.64 bits per heavy atom. The van der Waals surface area contributed by atoms with Crippen LogP contribution in [0.5, 0.6) is 5.75 Å².